The number of urea groups is 1. The predicted octanol–water partition coefficient (Wildman–Crippen LogP) is 4.81. The Kier molecular flexibility index (Phi) is 7.25. The molecule has 0 saturated carbocycles. The Labute approximate surface area is 207 Å². The molecular weight excluding hydrogens is 463 g/mol. The Bertz CT molecular complexity index is 1350. The Hall–Kier alpha value is -4.72. The molecule has 0 radical (unpaired) electrons. The fraction of sp³-hybridized carbons (Fsp3) is 0.107. The third-order valence-corrected chi connectivity index (χ3v) is 5.46. The van der Waals surface area contributed by atoms with Crippen LogP contribution in [0.25, 0.3) is 6.08 Å². The van der Waals surface area contributed by atoms with E-state index in [1.807, 2.05) is 0 Å². The van der Waals surface area contributed by atoms with Crippen molar-refractivity contribution in [1.29, 1.82) is 0 Å². The zero-order chi connectivity index (χ0) is 25.7. The van der Waals surface area contributed by atoms with Gasteiger partial charge in [-0.2, -0.15) is 0 Å². The number of carbonyl (C=O) groups is 3. The van der Waals surface area contributed by atoms with Gasteiger partial charge in [0.15, 0.2) is 11.5 Å². The van der Waals surface area contributed by atoms with Crippen LogP contribution in [0.5, 0.6) is 11.5 Å². The second kappa shape index (κ2) is 10.7. The number of imide groups is 2. The highest BCUT2D eigenvalue weighted by Crippen LogP contribution is 2.35. The summed E-state index contributed by atoms with van der Waals surface area (Å²) in [6.07, 6.45) is 3.50. The summed E-state index contributed by atoms with van der Waals surface area (Å²) in [5.74, 6) is -1.03. The fourth-order valence-corrected chi connectivity index (χ4v) is 3.76. The zero-order valence-corrected chi connectivity index (χ0v) is 19.5. The molecule has 1 N–H and O–H groups in total. The van der Waals surface area contributed by atoms with E-state index in [2.05, 4.69) is 11.9 Å². The van der Waals surface area contributed by atoms with E-state index in [4.69, 9.17) is 9.47 Å². The molecule has 8 heteroatoms. The standard InChI is InChI=1S/C28H23FN2O5/c1-3-7-20-14-19(16-24(35-2)25(20)36-17-18-10-12-21(29)13-11-18)15-23-26(32)30-28(34)31(27(23)33)22-8-5-4-6-9-22/h3-6,8-16H,1,7,17H2,2H3,(H,30,32,34)/b23-15+. The topological polar surface area (TPSA) is 84.9 Å². The van der Waals surface area contributed by atoms with Crippen LogP contribution in [0.3, 0.4) is 0 Å². The summed E-state index contributed by atoms with van der Waals surface area (Å²) in [4.78, 5) is 39.0. The highest BCUT2D eigenvalue weighted by Gasteiger charge is 2.36. The van der Waals surface area contributed by atoms with Crippen molar-refractivity contribution in [3.8, 4) is 11.5 Å². The van der Waals surface area contributed by atoms with E-state index in [-0.39, 0.29) is 18.0 Å². The van der Waals surface area contributed by atoms with Gasteiger partial charge in [-0.3, -0.25) is 14.9 Å². The smallest absolute Gasteiger partial charge is 0.335 e. The molecule has 0 bridgehead atoms. The molecular formula is C28H23FN2O5. The quantitative estimate of drug-likeness (QED) is 0.281. The van der Waals surface area contributed by atoms with Gasteiger partial charge in [-0.25, -0.2) is 14.1 Å². The van der Waals surface area contributed by atoms with E-state index in [0.29, 0.717) is 34.7 Å². The number of ether oxygens (including phenoxy) is 2. The molecule has 4 rings (SSSR count). The summed E-state index contributed by atoms with van der Waals surface area (Å²) in [5.41, 5.74) is 2.11. The molecule has 0 unspecified atom stereocenters. The molecule has 4 amide bonds. The molecule has 182 valence electrons. The summed E-state index contributed by atoms with van der Waals surface area (Å²) in [7, 11) is 1.48. The molecule has 0 aromatic heterocycles. The van der Waals surface area contributed by atoms with Gasteiger partial charge in [-0.1, -0.05) is 36.4 Å². The lowest BCUT2D eigenvalue weighted by atomic mass is 10.0. The van der Waals surface area contributed by atoms with Crippen molar-refractivity contribution in [2.24, 2.45) is 0 Å². The fourth-order valence-electron chi connectivity index (χ4n) is 3.76. The number of rotatable bonds is 8. The molecule has 7 nitrogen and oxygen atoms in total. The van der Waals surface area contributed by atoms with Gasteiger partial charge < -0.3 is 9.47 Å². The van der Waals surface area contributed by atoms with Gasteiger partial charge in [0.25, 0.3) is 11.8 Å². The molecule has 1 heterocycles. The number of benzene rings is 3. The summed E-state index contributed by atoms with van der Waals surface area (Å²) in [6.45, 7) is 3.96. The highest BCUT2D eigenvalue weighted by atomic mass is 19.1. The first-order chi connectivity index (χ1) is 17.4. The number of allylic oxidation sites excluding steroid dienone is 1. The number of halogens is 1. The summed E-state index contributed by atoms with van der Waals surface area (Å²) < 4.78 is 24.7. The average Bonchev–Trinajstić information content (AvgIpc) is 2.87. The summed E-state index contributed by atoms with van der Waals surface area (Å²) >= 11 is 0. The Morgan fingerprint density at radius 2 is 1.75 bits per heavy atom. The third kappa shape index (κ3) is 5.17. The first-order valence-electron chi connectivity index (χ1n) is 11.1. The van der Waals surface area contributed by atoms with E-state index < -0.39 is 17.8 Å². The maximum absolute atomic E-state index is 13.2. The van der Waals surface area contributed by atoms with Crippen molar-refractivity contribution in [2.45, 2.75) is 13.0 Å². The zero-order valence-electron chi connectivity index (χ0n) is 19.5. The van der Waals surface area contributed by atoms with Crippen LogP contribution >= 0.6 is 0 Å². The third-order valence-electron chi connectivity index (χ3n) is 5.46. The monoisotopic (exact) mass is 486 g/mol. The SMILES string of the molecule is C=CCc1cc(/C=C2\C(=O)NC(=O)N(c3ccccc3)C2=O)cc(OC)c1OCc1ccc(F)cc1. The minimum absolute atomic E-state index is 0.177. The maximum atomic E-state index is 13.2. The lowest BCUT2D eigenvalue weighted by Crippen LogP contribution is -2.54. The van der Waals surface area contributed by atoms with Crippen LogP contribution in [0, 0.1) is 5.82 Å². The predicted molar refractivity (Wildman–Crippen MR) is 133 cm³/mol. The lowest BCUT2D eigenvalue weighted by molar-refractivity contribution is -0.122. The summed E-state index contributed by atoms with van der Waals surface area (Å²) in [5, 5.41) is 2.21. The number of nitrogens with zero attached hydrogens (tertiary/aromatic N) is 1. The van der Waals surface area contributed by atoms with Gasteiger partial charge in [0.05, 0.1) is 12.8 Å². The van der Waals surface area contributed by atoms with E-state index in [1.165, 1.54) is 25.3 Å². The van der Waals surface area contributed by atoms with Gasteiger partial charge in [-0.15, -0.1) is 6.58 Å². The largest absolute Gasteiger partial charge is 0.493 e. The number of hydrogen-bond donors (Lipinski definition) is 1. The molecule has 3 aromatic rings. The number of anilines is 1. The van der Waals surface area contributed by atoms with Crippen LogP contribution in [-0.4, -0.2) is 25.0 Å². The van der Waals surface area contributed by atoms with Crippen LogP contribution in [0.15, 0.2) is 85.0 Å². The minimum atomic E-state index is -0.817. The van der Waals surface area contributed by atoms with Crippen molar-refractivity contribution >= 4 is 29.6 Å². The van der Waals surface area contributed by atoms with E-state index >= 15 is 0 Å². The summed E-state index contributed by atoms with van der Waals surface area (Å²) in [6, 6.07) is 16.9. The van der Waals surface area contributed by atoms with E-state index in [0.717, 1.165) is 10.5 Å². The van der Waals surface area contributed by atoms with Crippen molar-refractivity contribution in [3.05, 3.63) is 107 Å². The van der Waals surface area contributed by atoms with Crippen LogP contribution in [0.2, 0.25) is 0 Å². The molecule has 1 aliphatic heterocycles. The number of amides is 4. The number of methoxy groups -OCH3 is 1. The van der Waals surface area contributed by atoms with Crippen LogP contribution in [-0.2, 0) is 22.6 Å². The number of carbonyl (C=O) groups excluding carboxylic acids is 3. The minimum Gasteiger partial charge on any atom is -0.493 e. The Morgan fingerprint density at radius 3 is 2.42 bits per heavy atom. The van der Waals surface area contributed by atoms with Gasteiger partial charge in [0.2, 0.25) is 0 Å². The number of para-hydroxylation sites is 1. The lowest BCUT2D eigenvalue weighted by Gasteiger charge is -2.26. The van der Waals surface area contributed by atoms with Gasteiger partial charge in [-0.05, 0) is 60.0 Å². The normalized spacial score (nSPS) is 14.6. The number of hydrogen-bond acceptors (Lipinski definition) is 5. The van der Waals surface area contributed by atoms with Crippen molar-refractivity contribution in [2.75, 3.05) is 12.0 Å². The number of nitrogens with one attached hydrogen (secondary N) is 1. The first-order valence-corrected chi connectivity index (χ1v) is 11.1. The van der Waals surface area contributed by atoms with Gasteiger partial charge in [0.1, 0.15) is 18.0 Å². The molecule has 36 heavy (non-hydrogen) atoms. The Balaban J connectivity index is 1.69. The maximum Gasteiger partial charge on any atom is 0.335 e. The van der Waals surface area contributed by atoms with Crippen molar-refractivity contribution in [1.82, 2.24) is 5.32 Å². The van der Waals surface area contributed by atoms with Gasteiger partial charge in [0, 0.05) is 5.56 Å². The van der Waals surface area contributed by atoms with Crippen molar-refractivity contribution < 1.29 is 28.2 Å². The highest BCUT2D eigenvalue weighted by molar-refractivity contribution is 6.39. The molecule has 1 saturated heterocycles. The molecule has 0 aliphatic carbocycles. The molecule has 0 spiro atoms. The molecule has 0 atom stereocenters. The Morgan fingerprint density at radius 1 is 1.03 bits per heavy atom. The van der Waals surface area contributed by atoms with Crippen LogP contribution in [0.4, 0.5) is 14.9 Å². The molecule has 3 aromatic carbocycles. The van der Waals surface area contributed by atoms with Gasteiger partial charge >= 0.3 is 6.03 Å². The van der Waals surface area contributed by atoms with Crippen LogP contribution < -0.4 is 19.7 Å². The second-order valence-electron chi connectivity index (χ2n) is 7.91. The average molecular weight is 486 g/mol. The van der Waals surface area contributed by atoms with E-state index in [1.54, 1.807) is 60.7 Å². The first kappa shape index (κ1) is 24.4. The second-order valence-corrected chi connectivity index (χ2v) is 7.91. The van der Waals surface area contributed by atoms with Crippen LogP contribution in [0.1, 0.15) is 16.7 Å². The molecule has 1 fully saturated rings. The van der Waals surface area contributed by atoms with E-state index in [9.17, 15) is 18.8 Å². The van der Waals surface area contributed by atoms with Crippen molar-refractivity contribution in [3.63, 3.8) is 0 Å². The number of barbiturate groups is 1. The molecule has 1 aliphatic rings.